The number of carbonyl (C=O) groups excluding carboxylic acids is 1. The maximum absolute atomic E-state index is 12.8. The molecule has 0 spiro atoms. The van der Waals surface area contributed by atoms with E-state index in [1.54, 1.807) is 0 Å². The van der Waals surface area contributed by atoms with Crippen LogP contribution in [0.2, 0.25) is 0 Å². The van der Waals surface area contributed by atoms with E-state index in [9.17, 15) is 45.3 Å². The molecule has 0 fully saturated rings. The van der Waals surface area contributed by atoms with Gasteiger partial charge in [-0.2, -0.15) is 30.4 Å². The highest BCUT2D eigenvalue weighted by Gasteiger charge is 2.56. The van der Waals surface area contributed by atoms with Crippen molar-refractivity contribution < 1.29 is 44.3 Å². The molecule has 1 rings (SSSR count). The first kappa shape index (κ1) is 21.9. The number of halogens is 5. The Balaban J connectivity index is 2.91. The molecular weight excluding hydrogens is 397 g/mol. The zero-order chi connectivity index (χ0) is 20.3. The summed E-state index contributed by atoms with van der Waals surface area (Å²) in [4.78, 5) is 25.1. The zero-order valence-electron chi connectivity index (χ0n) is 13.0. The quantitative estimate of drug-likeness (QED) is 0.264. The molecule has 1 aromatic rings. The monoisotopic (exact) mass is 409 g/mol. The average Bonchev–Trinajstić information content (AvgIpc) is 2.84. The van der Waals surface area contributed by atoms with E-state index in [-0.39, 0.29) is 0 Å². The van der Waals surface area contributed by atoms with E-state index in [4.69, 9.17) is 0 Å². The second-order valence-corrected chi connectivity index (χ2v) is 6.73. The molecule has 0 aliphatic rings. The Bertz CT molecular complexity index is 789. The lowest BCUT2D eigenvalue weighted by molar-refractivity contribution is -0.392. The van der Waals surface area contributed by atoms with Crippen molar-refractivity contribution in [3.63, 3.8) is 0 Å². The first-order valence-corrected chi connectivity index (χ1v) is 8.45. The molecule has 0 saturated heterocycles. The summed E-state index contributed by atoms with van der Waals surface area (Å²) in [6, 6.07) is 0. The molecule has 1 aromatic heterocycles. The fourth-order valence-electron chi connectivity index (χ4n) is 1.69. The molecule has 0 N–H and O–H groups in total. The highest BCUT2D eigenvalue weighted by atomic mass is 32.2. The summed E-state index contributed by atoms with van der Waals surface area (Å²) < 4.78 is 88.7. The number of alkyl halides is 5. The third-order valence-corrected chi connectivity index (χ3v) is 3.52. The topological polar surface area (TPSA) is 121 Å². The van der Waals surface area contributed by atoms with Crippen molar-refractivity contribution in [2.24, 2.45) is 0 Å². The Hall–Kier alpha value is -2.16. The first-order valence-electron chi connectivity index (χ1n) is 6.63. The van der Waals surface area contributed by atoms with Gasteiger partial charge in [0.25, 0.3) is 10.1 Å². The van der Waals surface area contributed by atoms with Gasteiger partial charge in [0.2, 0.25) is 5.82 Å². The fraction of sp³-hybridized carbons (Fsp3) is 0.636. The van der Waals surface area contributed by atoms with Gasteiger partial charge in [0, 0.05) is 12.8 Å². The molecule has 0 aliphatic carbocycles. The minimum Gasteiger partial charge on any atom is -0.358 e. The van der Waals surface area contributed by atoms with Crippen LogP contribution in [0.25, 0.3) is 0 Å². The second kappa shape index (κ2) is 7.61. The van der Waals surface area contributed by atoms with Gasteiger partial charge in [-0.3, -0.25) is 8.98 Å². The molecule has 0 amide bonds. The zero-order valence-corrected chi connectivity index (χ0v) is 13.8. The summed E-state index contributed by atoms with van der Waals surface area (Å²) >= 11 is 0. The number of hydrogen-bond donors (Lipinski definition) is 0. The molecule has 26 heavy (non-hydrogen) atoms. The van der Waals surface area contributed by atoms with Gasteiger partial charge in [-0.15, -0.1) is 0 Å². The Morgan fingerprint density at radius 2 is 1.92 bits per heavy atom. The van der Waals surface area contributed by atoms with E-state index in [2.05, 4.69) is 9.17 Å². The first-order chi connectivity index (χ1) is 11.6. The van der Waals surface area contributed by atoms with Crippen LogP contribution in [0.3, 0.4) is 0 Å². The Kier molecular flexibility index (Phi) is 6.40. The average molecular weight is 409 g/mol. The van der Waals surface area contributed by atoms with Gasteiger partial charge in [0.15, 0.2) is 12.3 Å². The number of nitro groups is 1. The molecule has 0 saturated carbocycles. The molecular formula is C11H12F5N3O6S. The molecule has 0 unspecified atom stereocenters. The van der Waals surface area contributed by atoms with Crippen LogP contribution in [0.15, 0.2) is 6.20 Å². The van der Waals surface area contributed by atoms with Crippen LogP contribution in [0.5, 0.6) is 0 Å². The second-order valence-electron chi connectivity index (χ2n) is 5.08. The predicted octanol–water partition coefficient (Wildman–Crippen LogP) is 1.81. The molecule has 1 heterocycles. The predicted molar refractivity (Wildman–Crippen MR) is 73.8 cm³/mol. The van der Waals surface area contributed by atoms with Crippen molar-refractivity contribution >= 4 is 21.7 Å². The molecule has 0 atom stereocenters. The van der Waals surface area contributed by atoms with E-state index in [1.807, 2.05) is 0 Å². The van der Waals surface area contributed by atoms with Crippen molar-refractivity contribution in [2.75, 3.05) is 6.26 Å². The highest BCUT2D eigenvalue weighted by molar-refractivity contribution is 7.85. The summed E-state index contributed by atoms with van der Waals surface area (Å²) in [6.07, 6.45) is -7.53. The van der Waals surface area contributed by atoms with Gasteiger partial charge in [-0.05, 0) is 4.92 Å². The standard InChI is InChI=1S/C11H12F5N3O6S/c1-26(23,24)25-6-8-17-4-9(19(21)22)18(8)5-7(20)2-3-10(12,13)11(14,15)16/h4H,2-3,5-6H2,1H3. The number of nitrogens with zero attached hydrogens (tertiary/aromatic N) is 3. The largest absolute Gasteiger partial charge is 0.453 e. The normalized spacial score (nSPS) is 13.0. The maximum atomic E-state index is 12.8. The van der Waals surface area contributed by atoms with Crippen molar-refractivity contribution in [2.45, 2.75) is 38.1 Å². The van der Waals surface area contributed by atoms with Gasteiger partial charge in [-0.25, -0.2) is 9.55 Å². The number of ketones is 1. The number of hydrogen-bond acceptors (Lipinski definition) is 7. The van der Waals surface area contributed by atoms with Gasteiger partial charge in [-0.1, -0.05) is 0 Å². The molecule has 9 nitrogen and oxygen atoms in total. The minimum absolute atomic E-state index is 0.391. The number of rotatable bonds is 9. The van der Waals surface area contributed by atoms with E-state index >= 15 is 0 Å². The van der Waals surface area contributed by atoms with Crippen molar-refractivity contribution in [1.82, 2.24) is 9.55 Å². The molecule has 0 bridgehead atoms. The van der Waals surface area contributed by atoms with Gasteiger partial charge in [0.1, 0.15) is 12.8 Å². The van der Waals surface area contributed by atoms with Crippen LogP contribution < -0.4 is 0 Å². The van der Waals surface area contributed by atoms with Gasteiger partial charge < -0.3 is 10.1 Å². The number of imidazole rings is 1. The van der Waals surface area contributed by atoms with Crippen LogP contribution in [-0.2, 0) is 32.2 Å². The number of Topliss-reactive ketones (excluding diaryl/α,β-unsaturated/α-hetero) is 1. The van der Waals surface area contributed by atoms with E-state index in [0.717, 1.165) is 0 Å². The van der Waals surface area contributed by atoms with E-state index in [1.165, 1.54) is 0 Å². The minimum atomic E-state index is -5.83. The van der Waals surface area contributed by atoms with Crippen molar-refractivity contribution in [1.29, 1.82) is 0 Å². The van der Waals surface area contributed by atoms with E-state index in [0.29, 0.717) is 17.0 Å². The molecule has 0 aliphatic heterocycles. The fourth-order valence-corrected chi connectivity index (χ4v) is 2.01. The van der Waals surface area contributed by atoms with E-state index < -0.39 is 70.6 Å². The summed E-state index contributed by atoms with van der Waals surface area (Å²) in [5.74, 6) is -7.44. The molecule has 148 valence electrons. The van der Waals surface area contributed by atoms with Crippen LogP contribution >= 0.6 is 0 Å². The molecule has 0 radical (unpaired) electrons. The van der Waals surface area contributed by atoms with Crippen molar-refractivity contribution in [3.8, 4) is 0 Å². The third kappa shape index (κ3) is 5.98. The lowest BCUT2D eigenvalue weighted by atomic mass is 10.1. The molecule has 15 heteroatoms. The van der Waals surface area contributed by atoms with Crippen LogP contribution in [0.1, 0.15) is 18.7 Å². The van der Waals surface area contributed by atoms with Gasteiger partial charge in [0.05, 0.1) is 6.26 Å². The summed E-state index contributed by atoms with van der Waals surface area (Å²) in [5, 5.41) is 10.9. The molecule has 0 aromatic carbocycles. The Morgan fingerprint density at radius 3 is 2.38 bits per heavy atom. The summed E-state index contributed by atoms with van der Waals surface area (Å²) in [7, 11) is -3.96. The smallest absolute Gasteiger partial charge is 0.358 e. The van der Waals surface area contributed by atoms with Crippen LogP contribution in [-0.4, -0.2) is 47.0 Å². The maximum Gasteiger partial charge on any atom is 0.453 e. The lowest BCUT2D eigenvalue weighted by Crippen LogP contribution is -2.36. The van der Waals surface area contributed by atoms with Crippen LogP contribution in [0, 0.1) is 10.1 Å². The van der Waals surface area contributed by atoms with Crippen LogP contribution in [0.4, 0.5) is 27.8 Å². The Labute approximate surface area is 143 Å². The third-order valence-electron chi connectivity index (χ3n) is 2.97. The summed E-state index contributed by atoms with van der Waals surface area (Å²) in [5.41, 5.74) is 0. The lowest BCUT2D eigenvalue weighted by Gasteiger charge is -2.18. The number of carbonyl (C=O) groups is 1. The van der Waals surface area contributed by atoms with Crippen molar-refractivity contribution in [3.05, 3.63) is 22.1 Å². The van der Waals surface area contributed by atoms with Gasteiger partial charge >= 0.3 is 17.9 Å². The SMILES string of the molecule is CS(=O)(=O)OCc1ncc([N+](=O)[O-])n1CC(=O)CCC(F)(F)C(F)(F)F. The number of aromatic nitrogens is 2. The highest BCUT2D eigenvalue weighted by Crippen LogP contribution is 2.38. The Morgan fingerprint density at radius 1 is 1.35 bits per heavy atom. The summed E-state index contributed by atoms with van der Waals surface area (Å²) in [6.45, 7) is -1.74.